The third-order valence-electron chi connectivity index (χ3n) is 5.28. The number of piperazine rings is 1. The lowest BCUT2D eigenvalue weighted by Gasteiger charge is -2.33. The summed E-state index contributed by atoms with van der Waals surface area (Å²) in [4.78, 5) is 18.6. The molecule has 8 nitrogen and oxygen atoms in total. The minimum absolute atomic E-state index is 0.224. The van der Waals surface area contributed by atoms with E-state index in [1.54, 1.807) is 22.8 Å². The molecule has 0 bridgehead atoms. The molecule has 2 aromatic heterocycles. The standard InChI is InChI=1S/C21H22N6O2S/c1-25-9-11-26(12-10-25)19-13-20(24-21(23-19)29-17-6-4-8-22-14-17)27-15-16-5-2-3-7-18(16)30(27)28/h2-8,13-14H,9-12,15H2,1H3. The summed E-state index contributed by atoms with van der Waals surface area (Å²) in [6.45, 7) is 4.18. The van der Waals surface area contributed by atoms with Gasteiger partial charge in [0.2, 0.25) is 0 Å². The fourth-order valence-corrected chi connectivity index (χ4v) is 4.90. The van der Waals surface area contributed by atoms with Crippen molar-refractivity contribution >= 4 is 22.6 Å². The first-order valence-electron chi connectivity index (χ1n) is 9.85. The Morgan fingerprint density at radius 1 is 1.00 bits per heavy atom. The molecule has 5 rings (SSSR count). The SMILES string of the molecule is CN1CCN(c2cc(N3Cc4ccccc4S3=O)nc(Oc3cccnc3)n2)CC1. The van der Waals surface area contributed by atoms with E-state index in [0.29, 0.717) is 18.1 Å². The second-order valence-electron chi connectivity index (χ2n) is 7.34. The van der Waals surface area contributed by atoms with Crippen LogP contribution in [-0.4, -0.2) is 57.3 Å². The summed E-state index contributed by atoms with van der Waals surface area (Å²) >= 11 is 0. The summed E-state index contributed by atoms with van der Waals surface area (Å²) in [6, 6.07) is 13.5. The van der Waals surface area contributed by atoms with Crippen LogP contribution < -0.4 is 13.9 Å². The molecule has 1 atom stereocenters. The maximum atomic E-state index is 13.1. The molecule has 0 aliphatic carbocycles. The van der Waals surface area contributed by atoms with Gasteiger partial charge in [-0.05, 0) is 30.8 Å². The number of benzene rings is 1. The number of rotatable bonds is 4. The van der Waals surface area contributed by atoms with Gasteiger partial charge in [0.1, 0.15) is 17.4 Å². The molecule has 0 amide bonds. The first-order chi connectivity index (χ1) is 14.7. The molecule has 3 aromatic rings. The highest BCUT2D eigenvalue weighted by Gasteiger charge is 2.29. The topological polar surface area (TPSA) is 74.7 Å². The van der Waals surface area contributed by atoms with Gasteiger partial charge in [0.15, 0.2) is 11.0 Å². The maximum absolute atomic E-state index is 13.1. The third kappa shape index (κ3) is 3.73. The van der Waals surface area contributed by atoms with Crippen LogP contribution >= 0.6 is 0 Å². The summed E-state index contributed by atoms with van der Waals surface area (Å²) in [5.41, 5.74) is 1.05. The summed E-state index contributed by atoms with van der Waals surface area (Å²) in [6.07, 6.45) is 3.31. The highest BCUT2D eigenvalue weighted by molar-refractivity contribution is 7.86. The van der Waals surface area contributed by atoms with Gasteiger partial charge in [-0.1, -0.05) is 18.2 Å². The zero-order chi connectivity index (χ0) is 20.5. The van der Waals surface area contributed by atoms with Crippen molar-refractivity contribution in [3.8, 4) is 11.8 Å². The molecule has 154 valence electrons. The van der Waals surface area contributed by atoms with Crippen molar-refractivity contribution in [1.29, 1.82) is 0 Å². The molecule has 1 fully saturated rings. The van der Waals surface area contributed by atoms with E-state index < -0.39 is 11.0 Å². The van der Waals surface area contributed by atoms with Gasteiger partial charge in [-0.2, -0.15) is 9.97 Å². The highest BCUT2D eigenvalue weighted by Crippen LogP contribution is 2.33. The highest BCUT2D eigenvalue weighted by atomic mass is 32.2. The molecule has 1 unspecified atom stereocenters. The molecule has 0 radical (unpaired) electrons. The van der Waals surface area contributed by atoms with E-state index in [1.807, 2.05) is 36.4 Å². The van der Waals surface area contributed by atoms with E-state index in [-0.39, 0.29) is 6.01 Å². The Bertz CT molecular complexity index is 1070. The van der Waals surface area contributed by atoms with Crippen LogP contribution in [0.25, 0.3) is 0 Å². The van der Waals surface area contributed by atoms with Crippen molar-refractivity contribution in [2.75, 3.05) is 42.4 Å². The van der Waals surface area contributed by atoms with Gasteiger partial charge < -0.3 is 14.5 Å². The average Bonchev–Trinajstić information content (AvgIpc) is 3.12. The molecule has 2 aliphatic heterocycles. The molecule has 0 saturated carbocycles. The average molecular weight is 423 g/mol. The van der Waals surface area contributed by atoms with E-state index >= 15 is 0 Å². The normalized spacial score (nSPS) is 19.0. The van der Waals surface area contributed by atoms with Crippen LogP contribution in [0.5, 0.6) is 11.8 Å². The number of anilines is 2. The minimum Gasteiger partial charge on any atom is -0.423 e. The first-order valence-corrected chi connectivity index (χ1v) is 11.0. The van der Waals surface area contributed by atoms with Crippen molar-refractivity contribution in [2.24, 2.45) is 0 Å². The van der Waals surface area contributed by atoms with Gasteiger partial charge in [-0.3, -0.25) is 9.29 Å². The van der Waals surface area contributed by atoms with Crippen molar-refractivity contribution in [1.82, 2.24) is 19.9 Å². The van der Waals surface area contributed by atoms with Crippen LogP contribution in [0.1, 0.15) is 5.56 Å². The Kier molecular flexibility index (Phi) is 5.06. The molecule has 9 heteroatoms. The number of likely N-dealkylation sites (N-methyl/N-ethyl adjacent to an activating group) is 1. The molecule has 0 N–H and O–H groups in total. The Balaban J connectivity index is 1.51. The van der Waals surface area contributed by atoms with Gasteiger partial charge in [0.25, 0.3) is 0 Å². The van der Waals surface area contributed by atoms with Crippen molar-refractivity contribution in [3.63, 3.8) is 0 Å². The first kappa shape index (κ1) is 19.0. The number of hydrogen-bond acceptors (Lipinski definition) is 7. The van der Waals surface area contributed by atoms with Crippen molar-refractivity contribution < 1.29 is 8.95 Å². The van der Waals surface area contributed by atoms with Crippen LogP contribution in [0.4, 0.5) is 11.6 Å². The van der Waals surface area contributed by atoms with Gasteiger partial charge in [0.05, 0.1) is 17.6 Å². The van der Waals surface area contributed by atoms with Crippen molar-refractivity contribution in [3.05, 3.63) is 60.4 Å². The van der Waals surface area contributed by atoms with Crippen LogP contribution in [0.2, 0.25) is 0 Å². The van der Waals surface area contributed by atoms with Crippen LogP contribution in [0, 0.1) is 0 Å². The fraction of sp³-hybridized carbons (Fsp3) is 0.286. The second kappa shape index (κ2) is 8.00. The number of pyridine rings is 1. The molecule has 2 aliphatic rings. The molecular weight excluding hydrogens is 400 g/mol. The number of fused-ring (bicyclic) bond motifs is 1. The Morgan fingerprint density at radius 2 is 1.80 bits per heavy atom. The predicted molar refractivity (Wildman–Crippen MR) is 115 cm³/mol. The lowest BCUT2D eigenvalue weighted by molar-refractivity contribution is 0.311. The Labute approximate surface area is 177 Å². The molecule has 30 heavy (non-hydrogen) atoms. The number of nitrogens with zero attached hydrogens (tertiary/aromatic N) is 6. The molecule has 1 aromatic carbocycles. The van der Waals surface area contributed by atoms with Gasteiger partial charge in [-0.15, -0.1) is 0 Å². The summed E-state index contributed by atoms with van der Waals surface area (Å²) in [7, 11) is 0.804. The second-order valence-corrected chi connectivity index (χ2v) is 8.72. The summed E-state index contributed by atoms with van der Waals surface area (Å²) in [5.74, 6) is 1.93. The van der Waals surface area contributed by atoms with Gasteiger partial charge in [-0.25, -0.2) is 4.21 Å². The number of aromatic nitrogens is 3. The zero-order valence-corrected chi connectivity index (χ0v) is 17.5. The lowest BCUT2D eigenvalue weighted by atomic mass is 10.2. The fourth-order valence-electron chi connectivity index (χ4n) is 3.59. The van der Waals surface area contributed by atoms with E-state index in [1.165, 1.54) is 0 Å². The largest absolute Gasteiger partial charge is 0.423 e. The van der Waals surface area contributed by atoms with Crippen LogP contribution in [-0.2, 0) is 17.5 Å². The monoisotopic (exact) mass is 422 g/mol. The predicted octanol–water partition coefficient (Wildman–Crippen LogP) is 2.46. The Morgan fingerprint density at radius 3 is 2.57 bits per heavy atom. The van der Waals surface area contributed by atoms with Crippen molar-refractivity contribution in [2.45, 2.75) is 11.4 Å². The molecular formula is C21H22N6O2S. The van der Waals surface area contributed by atoms with E-state index in [2.05, 4.69) is 31.8 Å². The molecule has 0 spiro atoms. The number of ether oxygens (including phenoxy) is 1. The quantitative estimate of drug-likeness (QED) is 0.639. The third-order valence-corrected chi connectivity index (χ3v) is 6.77. The zero-order valence-electron chi connectivity index (χ0n) is 16.6. The molecule has 1 saturated heterocycles. The smallest absolute Gasteiger partial charge is 0.326 e. The number of hydrogen-bond donors (Lipinski definition) is 0. The van der Waals surface area contributed by atoms with E-state index in [4.69, 9.17) is 4.74 Å². The van der Waals surface area contributed by atoms with Gasteiger partial charge >= 0.3 is 6.01 Å². The van der Waals surface area contributed by atoms with E-state index in [0.717, 1.165) is 42.5 Å². The van der Waals surface area contributed by atoms with Gasteiger partial charge in [0, 0.05) is 38.4 Å². The maximum Gasteiger partial charge on any atom is 0.326 e. The lowest BCUT2D eigenvalue weighted by Crippen LogP contribution is -2.44. The Hall–Kier alpha value is -3.04. The van der Waals surface area contributed by atoms with Crippen LogP contribution in [0.15, 0.2) is 59.8 Å². The summed E-state index contributed by atoms with van der Waals surface area (Å²) in [5, 5.41) is 0. The van der Waals surface area contributed by atoms with E-state index in [9.17, 15) is 4.21 Å². The summed E-state index contributed by atoms with van der Waals surface area (Å²) < 4.78 is 20.8. The molecule has 4 heterocycles. The van der Waals surface area contributed by atoms with Crippen LogP contribution in [0.3, 0.4) is 0 Å². The minimum atomic E-state index is -1.31.